The first-order valence-electron chi connectivity index (χ1n) is 8.79. The van der Waals surface area contributed by atoms with Gasteiger partial charge in [0.2, 0.25) is 10.9 Å². The Balaban J connectivity index is 1.41. The van der Waals surface area contributed by atoms with Crippen LogP contribution in [-0.4, -0.2) is 40.0 Å². The van der Waals surface area contributed by atoms with Gasteiger partial charge in [-0.2, -0.15) is 0 Å². The highest BCUT2D eigenvalue weighted by molar-refractivity contribution is 7.13. The molecule has 0 bridgehead atoms. The van der Waals surface area contributed by atoms with Gasteiger partial charge in [-0.15, -0.1) is 10.2 Å². The maximum absolute atomic E-state index is 12.9. The Morgan fingerprint density at radius 2 is 1.92 bits per heavy atom. The summed E-state index contributed by atoms with van der Waals surface area (Å²) in [6, 6.07) is 5.57. The molecule has 4 rings (SSSR count). The molecule has 1 aliphatic carbocycles. The third-order valence-electron chi connectivity index (χ3n) is 4.75. The lowest BCUT2D eigenvalue weighted by Gasteiger charge is -2.31. The molecule has 1 aromatic heterocycles. The number of aromatic nitrogens is 2. The monoisotopic (exact) mass is 374 g/mol. The number of nitrogens with one attached hydrogen (secondary N) is 1. The lowest BCUT2D eigenvalue weighted by atomic mass is 9.98. The highest BCUT2D eigenvalue weighted by atomic mass is 32.1. The number of carbonyl (C=O) groups is 2. The second-order valence-corrected chi connectivity index (χ2v) is 7.81. The average molecular weight is 374 g/mol. The SMILES string of the molecule is O=C(Nc1ccc(F)cc1)c1nnc(C2CCCN(C(=O)C3CC3)C2)s1. The molecule has 2 heterocycles. The standard InChI is InChI=1S/C18H19FN4O2S/c19-13-5-7-14(8-6-13)20-15(24)17-22-21-16(26-17)12-2-1-9-23(10-12)18(25)11-3-4-11/h5-8,11-12H,1-4,9-10H2,(H,20,24). The van der Waals surface area contributed by atoms with Crippen molar-refractivity contribution in [1.82, 2.24) is 15.1 Å². The molecule has 0 spiro atoms. The molecule has 1 N–H and O–H groups in total. The first kappa shape index (κ1) is 17.1. The first-order valence-corrected chi connectivity index (χ1v) is 9.61. The van der Waals surface area contributed by atoms with Crippen LogP contribution < -0.4 is 5.32 Å². The van der Waals surface area contributed by atoms with Crippen LogP contribution in [0.25, 0.3) is 0 Å². The fraction of sp³-hybridized carbons (Fsp3) is 0.444. The molecule has 1 aromatic carbocycles. The number of hydrogen-bond acceptors (Lipinski definition) is 5. The molecule has 136 valence electrons. The summed E-state index contributed by atoms with van der Waals surface area (Å²) in [6.07, 6.45) is 3.90. The van der Waals surface area contributed by atoms with Crippen LogP contribution in [0, 0.1) is 11.7 Å². The Bertz CT molecular complexity index is 819. The molecule has 1 atom stereocenters. The Labute approximate surface area is 154 Å². The molecule has 1 unspecified atom stereocenters. The molecule has 26 heavy (non-hydrogen) atoms. The first-order chi connectivity index (χ1) is 12.6. The fourth-order valence-corrected chi connectivity index (χ4v) is 4.04. The number of carbonyl (C=O) groups excluding carboxylic acids is 2. The van der Waals surface area contributed by atoms with Crippen molar-refractivity contribution in [2.45, 2.75) is 31.6 Å². The molecule has 2 aromatic rings. The van der Waals surface area contributed by atoms with Crippen molar-refractivity contribution in [3.8, 4) is 0 Å². The molecule has 8 heteroatoms. The van der Waals surface area contributed by atoms with Crippen molar-refractivity contribution in [3.05, 3.63) is 40.1 Å². The van der Waals surface area contributed by atoms with Crippen LogP contribution >= 0.6 is 11.3 Å². The van der Waals surface area contributed by atoms with Gasteiger partial charge in [0.25, 0.3) is 5.91 Å². The number of nitrogens with zero attached hydrogens (tertiary/aromatic N) is 3. The summed E-state index contributed by atoms with van der Waals surface area (Å²) < 4.78 is 12.9. The van der Waals surface area contributed by atoms with Crippen molar-refractivity contribution in [1.29, 1.82) is 0 Å². The van der Waals surface area contributed by atoms with Gasteiger partial charge in [-0.3, -0.25) is 9.59 Å². The number of amides is 2. The second-order valence-electron chi connectivity index (χ2n) is 6.80. The Hall–Kier alpha value is -2.35. The normalized spacial score (nSPS) is 20.0. The third kappa shape index (κ3) is 3.75. The van der Waals surface area contributed by atoms with Crippen LogP contribution in [0.4, 0.5) is 10.1 Å². The van der Waals surface area contributed by atoms with E-state index >= 15 is 0 Å². The highest BCUT2D eigenvalue weighted by Crippen LogP contribution is 2.35. The number of likely N-dealkylation sites (tertiary alicyclic amines) is 1. The van der Waals surface area contributed by atoms with Crippen LogP contribution in [0.15, 0.2) is 24.3 Å². The van der Waals surface area contributed by atoms with E-state index in [1.807, 2.05) is 4.90 Å². The molecule has 2 amide bonds. The van der Waals surface area contributed by atoms with E-state index < -0.39 is 0 Å². The smallest absolute Gasteiger partial charge is 0.286 e. The van der Waals surface area contributed by atoms with Gasteiger partial charge in [0, 0.05) is 30.6 Å². The molecule has 1 saturated carbocycles. The van der Waals surface area contributed by atoms with Gasteiger partial charge in [-0.25, -0.2) is 4.39 Å². The molecule has 1 saturated heterocycles. The molecule has 1 aliphatic heterocycles. The predicted octanol–water partition coefficient (Wildman–Crippen LogP) is 3.05. The zero-order chi connectivity index (χ0) is 18.1. The van der Waals surface area contributed by atoms with Gasteiger partial charge in [0.1, 0.15) is 10.8 Å². The van der Waals surface area contributed by atoms with Gasteiger partial charge in [-0.1, -0.05) is 11.3 Å². The number of benzene rings is 1. The molecule has 0 radical (unpaired) electrons. The zero-order valence-electron chi connectivity index (χ0n) is 14.2. The van der Waals surface area contributed by atoms with Crippen LogP contribution in [0.1, 0.15) is 46.4 Å². The Morgan fingerprint density at radius 3 is 2.65 bits per heavy atom. The minimum atomic E-state index is -0.359. The Kier molecular flexibility index (Phi) is 4.67. The van der Waals surface area contributed by atoms with Gasteiger partial charge < -0.3 is 10.2 Å². The Morgan fingerprint density at radius 1 is 1.15 bits per heavy atom. The summed E-state index contributed by atoms with van der Waals surface area (Å²) in [6.45, 7) is 1.46. The number of anilines is 1. The maximum atomic E-state index is 12.9. The van der Waals surface area contributed by atoms with Crippen LogP contribution in [0.2, 0.25) is 0 Å². The topological polar surface area (TPSA) is 75.2 Å². The summed E-state index contributed by atoms with van der Waals surface area (Å²) in [5.74, 6) is -0.101. The number of piperidine rings is 1. The fourth-order valence-electron chi connectivity index (χ4n) is 3.18. The second kappa shape index (κ2) is 7.11. The number of rotatable bonds is 4. The van der Waals surface area contributed by atoms with Crippen molar-refractivity contribution >= 4 is 28.8 Å². The molecule has 2 fully saturated rings. The number of hydrogen-bond donors (Lipinski definition) is 1. The van der Waals surface area contributed by atoms with Gasteiger partial charge in [-0.05, 0) is 49.9 Å². The van der Waals surface area contributed by atoms with E-state index in [1.54, 1.807) is 0 Å². The van der Waals surface area contributed by atoms with E-state index in [2.05, 4.69) is 15.5 Å². The van der Waals surface area contributed by atoms with Crippen LogP contribution in [0.5, 0.6) is 0 Å². The predicted molar refractivity (Wildman–Crippen MR) is 95.5 cm³/mol. The van der Waals surface area contributed by atoms with Crippen molar-refractivity contribution < 1.29 is 14.0 Å². The number of halogens is 1. The van der Waals surface area contributed by atoms with Crippen molar-refractivity contribution in [2.24, 2.45) is 5.92 Å². The summed E-state index contributed by atoms with van der Waals surface area (Å²) in [4.78, 5) is 26.5. The summed E-state index contributed by atoms with van der Waals surface area (Å²) >= 11 is 1.26. The average Bonchev–Trinajstić information content (AvgIpc) is 3.39. The summed E-state index contributed by atoms with van der Waals surface area (Å²) in [5, 5.41) is 11.9. The minimum Gasteiger partial charge on any atom is -0.342 e. The summed E-state index contributed by atoms with van der Waals surface area (Å²) in [5.41, 5.74) is 0.507. The largest absolute Gasteiger partial charge is 0.342 e. The van der Waals surface area contributed by atoms with Crippen LogP contribution in [-0.2, 0) is 4.79 Å². The minimum absolute atomic E-state index is 0.135. The summed E-state index contributed by atoms with van der Waals surface area (Å²) in [7, 11) is 0. The van der Waals surface area contributed by atoms with E-state index in [0.29, 0.717) is 12.2 Å². The lowest BCUT2D eigenvalue weighted by Crippen LogP contribution is -2.39. The van der Waals surface area contributed by atoms with E-state index in [1.165, 1.54) is 35.6 Å². The van der Waals surface area contributed by atoms with Crippen molar-refractivity contribution in [3.63, 3.8) is 0 Å². The lowest BCUT2D eigenvalue weighted by molar-refractivity contribution is -0.133. The van der Waals surface area contributed by atoms with E-state index in [-0.39, 0.29) is 34.5 Å². The molecular weight excluding hydrogens is 355 g/mol. The third-order valence-corrected chi connectivity index (χ3v) is 5.83. The molecule has 6 nitrogen and oxygen atoms in total. The zero-order valence-corrected chi connectivity index (χ0v) is 15.0. The quantitative estimate of drug-likeness (QED) is 0.893. The maximum Gasteiger partial charge on any atom is 0.286 e. The van der Waals surface area contributed by atoms with Gasteiger partial charge in [0.05, 0.1) is 0 Å². The highest BCUT2D eigenvalue weighted by Gasteiger charge is 2.36. The molecule has 2 aliphatic rings. The van der Waals surface area contributed by atoms with E-state index in [9.17, 15) is 14.0 Å². The van der Waals surface area contributed by atoms with Crippen LogP contribution in [0.3, 0.4) is 0 Å². The van der Waals surface area contributed by atoms with E-state index in [0.717, 1.165) is 37.2 Å². The van der Waals surface area contributed by atoms with Gasteiger partial charge in [0.15, 0.2) is 0 Å². The van der Waals surface area contributed by atoms with Gasteiger partial charge >= 0.3 is 0 Å². The van der Waals surface area contributed by atoms with Crippen molar-refractivity contribution in [2.75, 3.05) is 18.4 Å². The van der Waals surface area contributed by atoms with E-state index in [4.69, 9.17) is 0 Å². The molecular formula is C18H19FN4O2S.